The van der Waals surface area contributed by atoms with Crippen LogP contribution < -0.4 is 20.1 Å². The second kappa shape index (κ2) is 13.8. The maximum atomic E-state index is 14.0. The van der Waals surface area contributed by atoms with Gasteiger partial charge < -0.3 is 34.1 Å². The predicted octanol–water partition coefficient (Wildman–Crippen LogP) is 2.72. The average molecular weight is 617 g/mol. The first-order chi connectivity index (χ1) is 21.7. The van der Waals surface area contributed by atoms with E-state index in [-0.39, 0.29) is 37.4 Å². The molecule has 0 saturated heterocycles. The van der Waals surface area contributed by atoms with Crippen LogP contribution in [0.15, 0.2) is 42.9 Å². The third-order valence-electron chi connectivity index (χ3n) is 7.94. The summed E-state index contributed by atoms with van der Waals surface area (Å²) >= 11 is 0. The van der Waals surface area contributed by atoms with Crippen LogP contribution in [0.1, 0.15) is 42.9 Å². The van der Waals surface area contributed by atoms with E-state index in [0.717, 1.165) is 11.4 Å². The first-order valence-electron chi connectivity index (χ1n) is 15.1. The molecular formula is C32H40N8O5. The number of amides is 3. The fourth-order valence-corrected chi connectivity index (χ4v) is 5.40. The topological polar surface area (TPSA) is 146 Å². The van der Waals surface area contributed by atoms with E-state index in [2.05, 4.69) is 25.6 Å². The van der Waals surface area contributed by atoms with Crippen molar-refractivity contribution in [2.45, 2.75) is 46.2 Å². The Kier molecular flexibility index (Phi) is 9.65. The molecule has 3 aromatic heterocycles. The Hall–Kier alpha value is -4.94. The number of nitrogens with one attached hydrogen (secondary N) is 2. The molecule has 13 nitrogen and oxygen atoms in total. The van der Waals surface area contributed by atoms with Gasteiger partial charge in [-0.15, -0.1) is 0 Å². The number of aryl methyl sites for hydroxylation is 3. The van der Waals surface area contributed by atoms with Crippen LogP contribution in [0.4, 0.5) is 0 Å². The largest absolute Gasteiger partial charge is 0.493 e. The molecule has 4 aromatic rings. The Morgan fingerprint density at radius 1 is 1.11 bits per heavy atom. The first-order valence-corrected chi connectivity index (χ1v) is 15.1. The Bertz CT molecular complexity index is 1690. The standard InChI is InChI=1S/C32H40N8O5/c1-20(2)27-31(42)35-11-6-14-39-16-13-34-29(39)22-8-9-24(44-5)25(18-22)45-17-7-15-40(19-26(41)37-27)32(43)23-10-12-33-30-28(23)36-21(3)38(30)4/h8-10,12-13,16,18,20,27H,6-7,11,14-15,17,19H2,1-5H3,(H,35,42)(H,37,41)/t27-/m1/s1. The summed E-state index contributed by atoms with van der Waals surface area (Å²) in [6.45, 7) is 6.86. The molecule has 1 aliphatic rings. The fraction of sp³-hybridized carbons (Fsp3) is 0.438. The number of rotatable bonds is 3. The second-order valence-corrected chi connectivity index (χ2v) is 11.4. The summed E-state index contributed by atoms with van der Waals surface area (Å²) in [4.78, 5) is 55.5. The number of fused-ring (bicyclic) bond motifs is 5. The Morgan fingerprint density at radius 3 is 2.71 bits per heavy atom. The molecule has 45 heavy (non-hydrogen) atoms. The summed E-state index contributed by atoms with van der Waals surface area (Å²) in [5.41, 5.74) is 2.25. The van der Waals surface area contributed by atoms with E-state index in [1.807, 2.05) is 61.3 Å². The van der Waals surface area contributed by atoms with E-state index in [0.29, 0.717) is 60.0 Å². The van der Waals surface area contributed by atoms with Crippen molar-refractivity contribution >= 4 is 28.9 Å². The molecule has 13 heteroatoms. The van der Waals surface area contributed by atoms with Crippen molar-refractivity contribution in [1.29, 1.82) is 0 Å². The summed E-state index contributed by atoms with van der Waals surface area (Å²) < 4.78 is 15.5. The van der Waals surface area contributed by atoms with Gasteiger partial charge in [0.05, 0.1) is 25.8 Å². The maximum absolute atomic E-state index is 14.0. The number of aromatic nitrogens is 5. The van der Waals surface area contributed by atoms with Gasteiger partial charge in [-0.05, 0) is 49.9 Å². The van der Waals surface area contributed by atoms with E-state index in [1.54, 1.807) is 25.6 Å². The van der Waals surface area contributed by atoms with Crippen LogP contribution >= 0.6 is 0 Å². The van der Waals surface area contributed by atoms with Crippen LogP contribution in [0.5, 0.6) is 11.5 Å². The van der Waals surface area contributed by atoms with Crippen molar-refractivity contribution in [3.63, 3.8) is 0 Å². The van der Waals surface area contributed by atoms with E-state index >= 15 is 0 Å². The van der Waals surface area contributed by atoms with Crippen molar-refractivity contribution in [3.8, 4) is 22.9 Å². The Balaban J connectivity index is 1.45. The quantitative estimate of drug-likeness (QED) is 0.358. The molecule has 0 fully saturated rings. The molecular weight excluding hydrogens is 576 g/mol. The van der Waals surface area contributed by atoms with E-state index in [9.17, 15) is 14.4 Å². The predicted molar refractivity (Wildman–Crippen MR) is 168 cm³/mol. The zero-order chi connectivity index (χ0) is 32.1. The minimum absolute atomic E-state index is 0.168. The van der Waals surface area contributed by atoms with Crippen molar-refractivity contribution in [2.24, 2.45) is 13.0 Å². The maximum Gasteiger partial charge on any atom is 0.256 e. The number of carbonyl (C=O) groups excluding carboxylic acids is 3. The number of nitrogens with zero attached hydrogens (tertiary/aromatic N) is 6. The van der Waals surface area contributed by atoms with Gasteiger partial charge in [0.1, 0.15) is 23.2 Å². The molecule has 1 aliphatic heterocycles. The van der Waals surface area contributed by atoms with Gasteiger partial charge in [-0.1, -0.05) is 13.8 Å². The molecule has 5 rings (SSSR count). The third kappa shape index (κ3) is 6.92. The highest BCUT2D eigenvalue weighted by atomic mass is 16.5. The van der Waals surface area contributed by atoms with E-state index in [4.69, 9.17) is 9.47 Å². The molecule has 4 heterocycles. The summed E-state index contributed by atoms with van der Waals surface area (Å²) in [7, 11) is 3.42. The molecule has 3 amide bonds. The van der Waals surface area contributed by atoms with Gasteiger partial charge in [0.15, 0.2) is 17.1 Å². The summed E-state index contributed by atoms with van der Waals surface area (Å²) in [6, 6.07) is 6.50. The van der Waals surface area contributed by atoms with Crippen LogP contribution in [-0.2, 0) is 23.2 Å². The molecule has 238 valence electrons. The minimum atomic E-state index is -0.760. The summed E-state index contributed by atoms with van der Waals surface area (Å²) in [5.74, 6) is 1.36. The number of ether oxygens (including phenoxy) is 2. The zero-order valence-electron chi connectivity index (χ0n) is 26.4. The smallest absolute Gasteiger partial charge is 0.256 e. The summed E-state index contributed by atoms with van der Waals surface area (Å²) in [6.07, 6.45) is 6.28. The third-order valence-corrected chi connectivity index (χ3v) is 7.94. The Labute approximate surface area is 261 Å². The molecule has 1 aromatic carbocycles. The number of methoxy groups -OCH3 is 1. The monoisotopic (exact) mass is 616 g/mol. The fourth-order valence-electron chi connectivity index (χ4n) is 5.40. The van der Waals surface area contributed by atoms with Crippen LogP contribution in [0.25, 0.3) is 22.6 Å². The number of hydrogen-bond acceptors (Lipinski definition) is 8. The van der Waals surface area contributed by atoms with Crippen molar-refractivity contribution in [2.75, 3.05) is 33.4 Å². The molecule has 2 bridgehead atoms. The zero-order valence-corrected chi connectivity index (χ0v) is 26.4. The van der Waals surface area contributed by atoms with Crippen molar-refractivity contribution < 1.29 is 23.9 Å². The molecule has 0 radical (unpaired) electrons. The van der Waals surface area contributed by atoms with Crippen LogP contribution in [0.3, 0.4) is 0 Å². The number of carbonyl (C=O) groups is 3. The number of benzene rings is 1. The molecule has 0 spiro atoms. The van der Waals surface area contributed by atoms with Crippen LogP contribution in [0.2, 0.25) is 0 Å². The lowest BCUT2D eigenvalue weighted by Gasteiger charge is -2.26. The first kappa shape index (κ1) is 31.5. The van der Waals surface area contributed by atoms with E-state index < -0.39 is 11.9 Å². The minimum Gasteiger partial charge on any atom is -0.493 e. The molecule has 1 atom stereocenters. The van der Waals surface area contributed by atoms with Gasteiger partial charge in [0.2, 0.25) is 11.8 Å². The number of pyridine rings is 1. The van der Waals surface area contributed by atoms with Gasteiger partial charge in [-0.3, -0.25) is 14.4 Å². The molecule has 0 unspecified atom stereocenters. The van der Waals surface area contributed by atoms with Crippen LogP contribution in [-0.4, -0.2) is 86.1 Å². The van der Waals surface area contributed by atoms with Gasteiger partial charge in [-0.2, -0.15) is 0 Å². The van der Waals surface area contributed by atoms with Crippen LogP contribution in [0, 0.1) is 12.8 Å². The lowest BCUT2D eigenvalue weighted by atomic mass is 10.0. The highest BCUT2D eigenvalue weighted by molar-refractivity contribution is 6.05. The molecule has 2 N–H and O–H groups in total. The lowest BCUT2D eigenvalue weighted by molar-refractivity contribution is -0.130. The second-order valence-electron chi connectivity index (χ2n) is 11.4. The van der Waals surface area contributed by atoms with Gasteiger partial charge in [0, 0.05) is 50.8 Å². The lowest BCUT2D eigenvalue weighted by Crippen LogP contribution is -2.52. The summed E-state index contributed by atoms with van der Waals surface area (Å²) in [5, 5.41) is 5.82. The Morgan fingerprint density at radius 2 is 1.93 bits per heavy atom. The molecule has 0 aliphatic carbocycles. The van der Waals surface area contributed by atoms with Crippen molar-refractivity contribution in [3.05, 3.63) is 54.2 Å². The highest BCUT2D eigenvalue weighted by Gasteiger charge is 2.27. The normalized spacial score (nSPS) is 17.0. The molecule has 0 saturated carbocycles. The van der Waals surface area contributed by atoms with Gasteiger partial charge in [-0.25, -0.2) is 15.0 Å². The van der Waals surface area contributed by atoms with E-state index in [1.165, 1.54) is 4.90 Å². The van der Waals surface area contributed by atoms with Crippen molar-refractivity contribution in [1.82, 2.24) is 39.6 Å². The average Bonchev–Trinajstić information content (AvgIpc) is 3.61. The number of hydrogen-bond donors (Lipinski definition) is 2. The van der Waals surface area contributed by atoms with Gasteiger partial charge in [0.25, 0.3) is 5.91 Å². The number of imidazole rings is 2. The highest BCUT2D eigenvalue weighted by Crippen LogP contribution is 2.32. The van der Waals surface area contributed by atoms with Gasteiger partial charge >= 0.3 is 0 Å². The SMILES string of the molecule is COc1ccc2cc1OCCCN(C(=O)c1ccnc3c1nc(C)n3C)CC(=O)N[C@H](C(C)C)C(=O)NCCCn1ccnc1-2.